The van der Waals surface area contributed by atoms with E-state index in [1.54, 1.807) is 0 Å². The summed E-state index contributed by atoms with van der Waals surface area (Å²) in [5.74, 6) is 0. The Morgan fingerprint density at radius 2 is 1.57 bits per heavy atom. The van der Waals surface area contributed by atoms with Gasteiger partial charge in [0.2, 0.25) is 10.4 Å². The first-order chi connectivity index (χ1) is 6.06. The second kappa shape index (κ2) is 11.0. The van der Waals surface area contributed by atoms with Crippen molar-refractivity contribution < 1.29 is 68.5 Å². The van der Waals surface area contributed by atoms with Crippen LogP contribution in [0, 0.1) is 0 Å². The van der Waals surface area contributed by atoms with Crippen molar-refractivity contribution in [3.8, 4) is 0 Å². The standard InChI is InChI=1S/C8H18O4S.K/c1-2-3-4-5-6-7-8-12-13(9,10)11;/h2-8H2,1H3,(H,9,10,11);/q;+1/p-1. The van der Waals surface area contributed by atoms with Crippen molar-refractivity contribution in [2.24, 2.45) is 0 Å². The molecule has 80 valence electrons. The SMILES string of the molecule is CCCCCCCCOS(=O)(=O)[O-].[K+]. The molecule has 14 heavy (non-hydrogen) atoms. The Morgan fingerprint density at radius 1 is 1.07 bits per heavy atom. The van der Waals surface area contributed by atoms with Gasteiger partial charge in [-0.3, -0.25) is 4.18 Å². The van der Waals surface area contributed by atoms with Gasteiger partial charge in [-0.1, -0.05) is 39.0 Å². The van der Waals surface area contributed by atoms with Crippen LogP contribution in [0.3, 0.4) is 0 Å². The van der Waals surface area contributed by atoms with E-state index < -0.39 is 10.4 Å². The second-order valence-electron chi connectivity index (χ2n) is 3.00. The van der Waals surface area contributed by atoms with Crippen LogP contribution in [-0.4, -0.2) is 19.6 Å². The molecule has 0 fully saturated rings. The molecule has 0 aromatic heterocycles. The molecule has 6 heteroatoms. The molecule has 0 unspecified atom stereocenters. The van der Waals surface area contributed by atoms with E-state index in [0.29, 0.717) is 6.42 Å². The summed E-state index contributed by atoms with van der Waals surface area (Å²) in [6.45, 7) is 2.16. The number of rotatable bonds is 8. The minimum absolute atomic E-state index is 0. The topological polar surface area (TPSA) is 66.4 Å². The normalized spacial score (nSPS) is 11.0. The summed E-state index contributed by atoms with van der Waals surface area (Å²) in [5, 5.41) is 0. The van der Waals surface area contributed by atoms with Crippen LogP contribution in [0.15, 0.2) is 0 Å². The molecular weight excluding hydrogens is 231 g/mol. The molecule has 0 aliphatic heterocycles. The number of unbranched alkanes of at least 4 members (excludes halogenated alkanes) is 5. The van der Waals surface area contributed by atoms with Crippen LogP contribution in [0.2, 0.25) is 0 Å². The molecule has 0 aromatic rings. The van der Waals surface area contributed by atoms with Crippen molar-refractivity contribution in [2.45, 2.75) is 45.4 Å². The van der Waals surface area contributed by atoms with E-state index in [4.69, 9.17) is 0 Å². The summed E-state index contributed by atoms with van der Waals surface area (Å²) >= 11 is 0. The van der Waals surface area contributed by atoms with Crippen molar-refractivity contribution >= 4 is 10.4 Å². The second-order valence-corrected chi connectivity index (χ2v) is 4.05. The van der Waals surface area contributed by atoms with E-state index in [1.807, 2.05) is 0 Å². The smallest absolute Gasteiger partial charge is 0.726 e. The molecule has 0 aliphatic rings. The van der Waals surface area contributed by atoms with Gasteiger partial charge in [-0.15, -0.1) is 0 Å². The third-order valence-corrected chi connectivity index (χ3v) is 2.18. The molecular formula is C8H17KO4S. The Balaban J connectivity index is 0. The average Bonchev–Trinajstić information content (AvgIpc) is 2.01. The zero-order chi connectivity index (χ0) is 10.2. The van der Waals surface area contributed by atoms with Crippen LogP contribution in [0.25, 0.3) is 0 Å². The first-order valence-corrected chi connectivity index (χ1v) is 6.00. The minimum Gasteiger partial charge on any atom is -0.726 e. The Kier molecular flexibility index (Phi) is 14.1. The van der Waals surface area contributed by atoms with Crippen LogP contribution < -0.4 is 51.4 Å². The van der Waals surface area contributed by atoms with Gasteiger partial charge in [0.15, 0.2) is 0 Å². The van der Waals surface area contributed by atoms with Gasteiger partial charge < -0.3 is 4.55 Å². The Labute approximate surface area is 129 Å². The van der Waals surface area contributed by atoms with E-state index in [9.17, 15) is 13.0 Å². The molecule has 0 N–H and O–H groups in total. The first kappa shape index (κ1) is 17.9. The van der Waals surface area contributed by atoms with Gasteiger partial charge >= 0.3 is 51.4 Å². The molecule has 0 amide bonds. The Bertz CT molecular complexity index is 203. The molecule has 0 heterocycles. The van der Waals surface area contributed by atoms with Crippen molar-refractivity contribution in [3.05, 3.63) is 0 Å². The van der Waals surface area contributed by atoms with Gasteiger partial charge in [0, 0.05) is 0 Å². The summed E-state index contributed by atoms with van der Waals surface area (Å²) in [4.78, 5) is 0. The van der Waals surface area contributed by atoms with Gasteiger partial charge in [0.1, 0.15) is 0 Å². The van der Waals surface area contributed by atoms with Gasteiger partial charge in [0.05, 0.1) is 6.61 Å². The van der Waals surface area contributed by atoms with Crippen molar-refractivity contribution in [3.63, 3.8) is 0 Å². The van der Waals surface area contributed by atoms with Crippen LogP contribution in [0.1, 0.15) is 45.4 Å². The summed E-state index contributed by atoms with van der Waals surface area (Å²) in [6.07, 6.45) is 6.21. The van der Waals surface area contributed by atoms with Crippen LogP contribution in [0.4, 0.5) is 0 Å². The van der Waals surface area contributed by atoms with E-state index in [1.165, 1.54) is 19.3 Å². The van der Waals surface area contributed by atoms with E-state index in [2.05, 4.69) is 11.1 Å². The largest absolute Gasteiger partial charge is 1.00 e. The third-order valence-electron chi connectivity index (χ3n) is 1.73. The quantitative estimate of drug-likeness (QED) is 0.235. The molecule has 4 nitrogen and oxygen atoms in total. The zero-order valence-electron chi connectivity index (χ0n) is 8.99. The fourth-order valence-corrected chi connectivity index (χ4v) is 1.37. The minimum atomic E-state index is -4.47. The maximum Gasteiger partial charge on any atom is 1.00 e. The molecule has 0 spiro atoms. The van der Waals surface area contributed by atoms with Crippen LogP contribution in [-0.2, 0) is 14.6 Å². The molecule has 0 bridgehead atoms. The maximum atomic E-state index is 9.99. The van der Waals surface area contributed by atoms with Crippen molar-refractivity contribution in [1.29, 1.82) is 0 Å². The monoisotopic (exact) mass is 248 g/mol. The van der Waals surface area contributed by atoms with E-state index >= 15 is 0 Å². The molecule has 0 aliphatic carbocycles. The van der Waals surface area contributed by atoms with Gasteiger partial charge in [0.25, 0.3) is 0 Å². The van der Waals surface area contributed by atoms with Crippen LogP contribution >= 0.6 is 0 Å². The number of hydrogen-bond acceptors (Lipinski definition) is 4. The predicted octanol–water partition coefficient (Wildman–Crippen LogP) is -1.17. The Morgan fingerprint density at radius 3 is 2.07 bits per heavy atom. The van der Waals surface area contributed by atoms with Gasteiger partial charge in [-0.2, -0.15) is 0 Å². The molecule has 0 radical (unpaired) electrons. The summed E-state index contributed by atoms with van der Waals surface area (Å²) in [6, 6.07) is 0. The fourth-order valence-electron chi connectivity index (χ4n) is 1.04. The molecule has 0 saturated carbocycles. The molecule has 0 saturated heterocycles. The Hall–Kier alpha value is 1.51. The van der Waals surface area contributed by atoms with E-state index in [-0.39, 0.29) is 58.0 Å². The van der Waals surface area contributed by atoms with Crippen molar-refractivity contribution in [2.75, 3.05) is 6.61 Å². The van der Waals surface area contributed by atoms with E-state index in [0.717, 1.165) is 12.8 Å². The van der Waals surface area contributed by atoms with Crippen molar-refractivity contribution in [1.82, 2.24) is 0 Å². The third kappa shape index (κ3) is 16.0. The first-order valence-electron chi connectivity index (χ1n) is 4.66. The average molecular weight is 248 g/mol. The van der Waals surface area contributed by atoms with Crippen LogP contribution in [0.5, 0.6) is 0 Å². The summed E-state index contributed by atoms with van der Waals surface area (Å²) in [5.41, 5.74) is 0. The van der Waals surface area contributed by atoms with Gasteiger partial charge in [-0.05, 0) is 6.42 Å². The molecule has 0 aromatic carbocycles. The van der Waals surface area contributed by atoms with Gasteiger partial charge in [-0.25, -0.2) is 8.42 Å². The number of hydrogen-bond donors (Lipinski definition) is 0. The summed E-state index contributed by atoms with van der Waals surface area (Å²) < 4.78 is 34.0. The fraction of sp³-hybridized carbons (Fsp3) is 1.00. The molecule has 0 atom stereocenters. The molecule has 0 rings (SSSR count). The maximum absolute atomic E-state index is 9.99. The predicted molar refractivity (Wildman–Crippen MR) is 49.0 cm³/mol. The summed E-state index contributed by atoms with van der Waals surface area (Å²) in [7, 11) is -4.47. The zero-order valence-corrected chi connectivity index (χ0v) is 12.9.